The first-order valence-corrected chi connectivity index (χ1v) is 4.76. The van der Waals surface area contributed by atoms with Crippen LogP contribution < -0.4 is 5.73 Å². The molecule has 0 spiro atoms. The van der Waals surface area contributed by atoms with Gasteiger partial charge >= 0.3 is 0 Å². The zero-order valence-electron chi connectivity index (χ0n) is 7.82. The Morgan fingerprint density at radius 1 is 1.40 bits per heavy atom. The van der Waals surface area contributed by atoms with Gasteiger partial charge in [0, 0.05) is 5.56 Å². The van der Waals surface area contributed by atoms with Crippen LogP contribution in [-0.4, -0.2) is 9.78 Å². The fraction of sp³-hybridized carbons (Fsp3) is 0.100. The third-order valence-corrected chi connectivity index (χ3v) is 2.40. The lowest BCUT2D eigenvalue weighted by Crippen LogP contribution is -2.07. The molecule has 0 amide bonds. The fourth-order valence-electron chi connectivity index (χ4n) is 1.29. The van der Waals surface area contributed by atoms with Crippen molar-refractivity contribution in [2.45, 2.75) is 6.54 Å². The first-order valence-electron chi connectivity index (χ1n) is 4.38. The van der Waals surface area contributed by atoms with Crippen LogP contribution in [0.15, 0.2) is 30.5 Å². The van der Waals surface area contributed by atoms with Crippen LogP contribution in [0.5, 0.6) is 0 Å². The van der Waals surface area contributed by atoms with Crippen LogP contribution >= 0.6 is 11.6 Å². The Balaban J connectivity index is 2.30. The lowest BCUT2D eigenvalue weighted by Gasteiger charge is -2.05. The molecule has 0 saturated heterocycles. The zero-order chi connectivity index (χ0) is 10.8. The first kappa shape index (κ1) is 9.98. The number of benzene rings is 1. The molecule has 0 fully saturated rings. The molecule has 2 aromatic rings. The maximum Gasteiger partial charge on any atom is 0.140 e. The van der Waals surface area contributed by atoms with Crippen molar-refractivity contribution in [2.24, 2.45) is 0 Å². The van der Waals surface area contributed by atoms with Crippen molar-refractivity contribution >= 4 is 17.4 Å². The second-order valence-corrected chi connectivity index (χ2v) is 3.53. The van der Waals surface area contributed by atoms with Gasteiger partial charge in [0.2, 0.25) is 0 Å². The molecule has 3 nitrogen and oxygen atoms in total. The normalized spacial score (nSPS) is 10.5. The van der Waals surface area contributed by atoms with Crippen LogP contribution in [0.4, 0.5) is 10.2 Å². The summed E-state index contributed by atoms with van der Waals surface area (Å²) in [5.74, 6) is 0.0726. The van der Waals surface area contributed by atoms with Crippen molar-refractivity contribution in [1.29, 1.82) is 0 Å². The molecule has 0 atom stereocenters. The van der Waals surface area contributed by atoms with Gasteiger partial charge in [0.25, 0.3) is 0 Å². The monoisotopic (exact) mass is 225 g/mol. The predicted octanol–water partition coefficient (Wildman–Crippen LogP) is 2.31. The summed E-state index contributed by atoms with van der Waals surface area (Å²) in [6, 6.07) is 6.49. The Hall–Kier alpha value is -1.55. The number of anilines is 1. The quantitative estimate of drug-likeness (QED) is 0.853. The van der Waals surface area contributed by atoms with E-state index >= 15 is 0 Å². The van der Waals surface area contributed by atoms with E-state index < -0.39 is 0 Å². The maximum absolute atomic E-state index is 13.3. The summed E-state index contributed by atoms with van der Waals surface area (Å²) < 4.78 is 14.8. The highest BCUT2D eigenvalue weighted by Crippen LogP contribution is 2.18. The number of nitrogens with two attached hydrogens (primary N) is 1. The van der Waals surface area contributed by atoms with Crippen LogP contribution in [-0.2, 0) is 6.54 Å². The van der Waals surface area contributed by atoms with Gasteiger partial charge in [-0.3, -0.25) is 0 Å². The Morgan fingerprint density at radius 2 is 2.13 bits per heavy atom. The molecular formula is C10H9ClFN3. The number of rotatable bonds is 2. The van der Waals surface area contributed by atoms with Crippen molar-refractivity contribution in [3.63, 3.8) is 0 Å². The molecule has 78 valence electrons. The van der Waals surface area contributed by atoms with Crippen molar-refractivity contribution in [2.75, 3.05) is 5.73 Å². The van der Waals surface area contributed by atoms with E-state index in [1.54, 1.807) is 18.2 Å². The first-order chi connectivity index (χ1) is 7.18. The van der Waals surface area contributed by atoms with Gasteiger partial charge < -0.3 is 5.73 Å². The van der Waals surface area contributed by atoms with Crippen LogP contribution in [0, 0.1) is 5.82 Å². The molecule has 0 saturated carbocycles. The molecule has 0 aliphatic rings. The van der Waals surface area contributed by atoms with E-state index in [2.05, 4.69) is 5.10 Å². The highest BCUT2D eigenvalue weighted by molar-refractivity contribution is 6.32. The van der Waals surface area contributed by atoms with Crippen molar-refractivity contribution in [3.8, 4) is 0 Å². The summed E-state index contributed by atoms with van der Waals surface area (Å²) in [4.78, 5) is 0. The molecule has 2 rings (SSSR count). The fourth-order valence-corrected chi connectivity index (χ4v) is 1.43. The largest absolute Gasteiger partial charge is 0.383 e. The molecule has 1 aromatic heterocycles. The Labute approximate surface area is 91.3 Å². The molecule has 0 radical (unpaired) electrons. The molecule has 0 aliphatic heterocycles. The van der Waals surface area contributed by atoms with Gasteiger partial charge in [-0.15, -0.1) is 0 Å². The van der Waals surface area contributed by atoms with Gasteiger partial charge in [0.1, 0.15) is 16.7 Å². The number of nitrogen functional groups attached to an aromatic ring is 1. The smallest absolute Gasteiger partial charge is 0.140 e. The molecular weight excluding hydrogens is 217 g/mol. The van der Waals surface area contributed by atoms with E-state index in [0.717, 1.165) is 0 Å². The summed E-state index contributed by atoms with van der Waals surface area (Å²) in [6.45, 7) is 0.283. The average Bonchev–Trinajstić information content (AvgIpc) is 2.53. The topological polar surface area (TPSA) is 43.8 Å². The van der Waals surface area contributed by atoms with Gasteiger partial charge in [-0.05, 0) is 6.07 Å². The van der Waals surface area contributed by atoms with Crippen molar-refractivity contribution in [1.82, 2.24) is 9.78 Å². The van der Waals surface area contributed by atoms with E-state index in [0.29, 0.717) is 16.4 Å². The lowest BCUT2D eigenvalue weighted by molar-refractivity contribution is 0.587. The molecule has 0 aliphatic carbocycles. The Bertz CT molecular complexity index is 481. The molecule has 1 aromatic carbocycles. The average molecular weight is 226 g/mol. The van der Waals surface area contributed by atoms with Gasteiger partial charge in [-0.2, -0.15) is 5.10 Å². The van der Waals surface area contributed by atoms with Crippen LogP contribution in [0.1, 0.15) is 5.56 Å². The van der Waals surface area contributed by atoms with E-state index in [-0.39, 0.29) is 12.4 Å². The highest BCUT2D eigenvalue weighted by atomic mass is 35.5. The van der Waals surface area contributed by atoms with E-state index in [4.69, 9.17) is 17.3 Å². The van der Waals surface area contributed by atoms with Crippen molar-refractivity contribution in [3.05, 3.63) is 46.9 Å². The summed E-state index contributed by atoms with van der Waals surface area (Å²) in [5, 5.41) is 4.33. The van der Waals surface area contributed by atoms with Crippen LogP contribution in [0.3, 0.4) is 0 Å². The third kappa shape index (κ3) is 1.94. The van der Waals surface area contributed by atoms with Gasteiger partial charge in [-0.1, -0.05) is 29.8 Å². The lowest BCUT2D eigenvalue weighted by atomic mass is 10.2. The molecule has 0 bridgehead atoms. The molecule has 1 heterocycles. The third-order valence-electron chi connectivity index (χ3n) is 2.11. The number of halogens is 2. The summed E-state index contributed by atoms with van der Waals surface area (Å²) >= 11 is 5.73. The number of hydrogen-bond acceptors (Lipinski definition) is 2. The van der Waals surface area contributed by atoms with E-state index in [9.17, 15) is 4.39 Å². The molecule has 0 unspecified atom stereocenters. The summed E-state index contributed by atoms with van der Waals surface area (Å²) in [6.07, 6.45) is 1.44. The predicted molar refractivity (Wildman–Crippen MR) is 57.2 cm³/mol. The minimum atomic E-state index is -0.275. The zero-order valence-corrected chi connectivity index (χ0v) is 8.58. The van der Waals surface area contributed by atoms with Gasteiger partial charge in [0.05, 0.1) is 12.7 Å². The van der Waals surface area contributed by atoms with E-state index in [1.165, 1.54) is 16.9 Å². The number of nitrogens with zero attached hydrogens (tertiary/aromatic N) is 2. The SMILES string of the molecule is Nc1c(Cl)cnn1Cc1ccccc1F. The number of aromatic nitrogens is 2. The van der Waals surface area contributed by atoms with Crippen LogP contribution in [0.25, 0.3) is 0 Å². The minimum Gasteiger partial charge on any atom is -0.383 e. The van der Waals surface area contributed by atoms with Gasteiger partial charge in [0.15, 0.2) is 0 Å². The Morgan fingerprint density at radius 3 is 2.73 bits per heavy atom. The molecule has 15 heavy (non-hydrogen) atoms. The molecule has 5 heteroatoms. The summed E-state index contributed by atoms with van der Waals surface area (Å²) in [5.41, 5.74) is 6.18. The van der Waals surface area contributed by atoms with E-state index in [1.807, 2.05) is 0 Å². The van der Waals surface area contributed by atoms with Gasteiger partial charge in [-0.25, -0.2) is 9.07 Å². The molecule has 2 N–H and O–H groups in total. The standard InChI is InChI=1S/C10H9ClFN3/c11-8-5-14-15(10(8)13)6-7-3-1-2-4-9(7)12/h1-5H,6,13H2. The van der Waals surface area contributed by atoms with Crippen molar-refractivity contribution < 1.29 is 4.39 Å². The maximum atomic E-state index is 13.3. The highest BCUT2D eigenvalue weighted by Gasteiger charge is 2.07. The van der Waals surface area contributed by atoms with Crippen LogP contribution in [0.2, 0.25) is 5.02 Å². The second-order valence-electron chi connectivity index (χ2n) is 3.13. The second kappa shape index (κ2) is 3.90. The summed E-state index contributed by atoms with van der Waals surface area (Å²) in [7, 11) is 0. The number of hydrogen-bond donors (Lipinski definition) is 1. The minimum absolute atomic E-state index is 0.275. The Kier molecular flexibility index (Phi) is 2.60.